The highest BCUT2D eigenvalue weighted by Crippen LogP contribution is 2.44. The first-order valence-corrected chi connectivity index (χ1v) is 12.6. The number of nitrogens with one attached hydrogen (secondary N) is 1. The third-order valence-corrected chi connectivity index (χ3v) is 7.24. The van der Waals surface area contributed by atoms with E-state index in [0.717, 1.165) is 18.4 Å². The molecule has 1 fully saturated rings. The third-order valence-electron chi connectivity index (χ3n) is 6.13. The highest BCUT2D eigenvalue weighted by molar-refractivity contribution is 7.90. The van der Waals surface area contributed by atoms with E-state index in [1.807, 2.05) is 27.4 Å². The number of phenolic OH excluding ortho intramolecular Hbond substituents is 1. The molecule has 2 N–H and O–H groups in total. The van der Waals surface area contributed by atoms with Crippen LogP contribution in [0.2, 0.25) is 0 Å². The predicted molar refractivity (Wildman–Crippen MR) is 128 cm³/mol. The number of carbonyl (C=O) groups is 3. The van der Waals surface area contributed by atoms with Crippen molar-refractivity contribution in [3.8, 4) is 5.75 Å². The molecule has 11 heteroatoms. The summed E-state index contributed by atoms with van der Waals surface area (Å²) in [6.45, 7) is 8.01. The topological polar surface area (TPSA) is 118 Å². The van der Waals surface area contributed by atoms with Gasteiger partial charge in [-0.25, -0.2) is 8.42 Å². The minimum Gasteiger partial charge on any atom is -0.507 e. The monoisotopic (exact) mass is 529 g/mol. The molecule has 1 saturated carbocycles. The van der Waals surface area contributed by atoms with E-state index in [9.17, 15) is 31.5 Å². The SMILES string of the molecule is C=O.C=O.CC(C)(Cc1cccc(C(F)(F)F)c1)C1CC(NC(=O)c2ccc(S(C)(=O)=O)cc2O)C1. The number of phenols is 1. The number of rotatable bonds is 6. The van der Waals surface area contributed by atoms with Crippen LogP contribution in [0.4, 0.5) is 13.2 Å². The van der Waals surface area contributed by atoms with Crippen molar-refractivity contribution in [1.82, 2.24) is 5.32 Å². The van der Waals surface area contributed by atoms with Crippen LogP contribution in [0.3, 0.4) is 0 Å². The fraction of sp³-hybridized carbons (Fsp3) is 0.400. The highest BCUT2D eigenvalue weighted by Gasteiger charge is 2.41. The molecule has 1 amide bonds. The third kappa shape index (κ3) is 7.91. The number of alkyl halides is 3. The molecule has 0 bridgehead atoms. The standard InChI is InChI=1S/C23H26F3NO4S.2CH2O/c1-22(2,13-14-5-4-6-15(9-14)23(24,25)26)16-10-17(11-16)27-21(29)19-8-7-18(12-20(19)28)32(3,30)31;2*1-2/h4-9,12,16-17,28H,10-11,13H2,1-3H3,(H,27,29);2*1H2. The normalized spacial score (nSPS) is 17.4. The second-order valence-electron chi connectivity index (χ2n) is 9.15. The van der Waals surface area contributed by atoms with E-state index in [0.29, 0.717) is 24.8 Å². The zero-order valence-electron chi connectivity index (χ0n) is 20.3. The van der Waals surface area contributed by atoms with E-state index in [-0.39, 0.29) is 27.8 Å². The van der Waals surface area contributed by atoms with Gasteiger partial charge in [0.1, 0.15) is 19.3 Å². The van der Waals surface area contributed by atoms with Crippen molar-refractivity contribution in [3.05, 3.63) is 59.2 Å². The van der Waals surface area contributed by atoms with Crippen molar-refractivity contribution >= 4 is 29.3 Å². The molecule has 36 heavy (non-hydrogen) atoms. The summed E-state index contributed by atoms with van der Waals surface area (Å²) in [5.74, 6) is -0.698. The maximum Gasteiger partial charge on any atom is 0.416 e. The lowest BCUT2D eigenvalue weighted by molar-refractivity contribution is -0.137. The van der Waals surface area contributed by atoms with Crippen molar-refractivity contribution in [2.75, 3.05) is 6.26 Å². The van der Waals surface area contributed by atoms with Gasteiger partial charge in [-0.1, -0.05) is 32.0 Å². The number of hydrogen-bond donors (Lipinski definition) is 2. The average Bonchev–Trinajstić information content (AvgIpc) is 2.77. The summed E-state index contributed by atoms with van der Waals surface area (Å²) in [6.07, 6.45) is -1.55. The first-order valence-electron chi connectivity index (χ1n) is 10.7. The molecule has 0 aromatic heterocycles. The lowest BCUT2D eigenvalue weighted by atomic mass is 9.62. The number of amides is 1. The maximum absolute atomic E-state index is 13.0. The minimum atomic E-state index is -4.38. The summed E-state index contributed by atoms with van der Waals surface area (Å²) in [5.41, 5.74) is -0.311. The Bertz CT molecular complexity index is 1160. The van der Waals surface area contributed by atoms with Crippen molar-refractivity contribution in [1.29, 1.82) is 0 Å². The highest BCUT2D eigenvalue weighted by atomic mass is 32.2. The Hall–Kier alpha value is -3.21. The number of benzene rings is 2. The molecule has 0 unspecified atom stereocenters. The van der Waals surface area contributed by atoms with Crippen molar-refractivity contribution in [3.63, 3.8) is 0 Å². The van der Waals surface area contributed by atoms with Crippen molar-refractivity contribution < 1.29 is 41.1 Å². The second kappa shape index (κ2) is 12.2. The van der Waals surface area contributed by atoms with Crippen LogP contribution >= 0.6 is 0 Å². The first-order chi connectivity index (χ1) is 16.7. The molecular weight excluding hydrogens is 499 g/mol. The van der Waals surface area contributed by atoms with Crippen LogP contribution in [0.1, 0.15) is 48.2 Å². The fourth-order valence-electron chi connectivity index (χ4n) is 4.10. The molecule has 7 nitrogen and oxygen atoms in total. The van der Waals surface area contributed by atoms with Crippen LogP contribution in [0, 0.1) is 11.3 Å². The fourth-order valence-corrected chi connectivity index (χ4v) is 4.74. The number of sulfone groups is 1. The van der Waals surface area contributed by atoms with Crippen LogP contribution in [0.15, 0.2) is 47.4 Å². The molecule has 0 spiro atoms. The Morgan fingerprint density at radius 2 is 1.64 bits per heavy atom. The van der Waals surface area contributed by atoms with Gasteiger partial charge in [0.2, 0.25) is 0 Å². The number of halogens is 3. The van der Waals surface area contributed by atoms with Crippen molar-refractivity contribution in [2.45, 2.75) is 50.2 Å². The van der Waals surface area contributed by atoms with Crippen LogP contribution < -0.4 is 5.32 Å². The molecule has 0 atom stereocenters. The van der Waals surface area contributed by atoms with Gasteiger partial charge in [-0.15, -0.1) is 0 Å². The van der Waals surface area contributed by atoms with Gasteiger partial charge >= 0.3 is 6.18 Å². The number of aromatic hydroxyl groups is 1. The smallest absolute Gasteiger partial charge is 0.416 e. The van der Waals surface area contributed by atoms with E-state index in [2.05, 4.69) is 5.32 Å². The van der Waals surface area contributed by atoms with E-state index >= 15 is 0 Å². The first kappa shape index (κ1) is 30.8. The van der Waals surface area contributed by atoms with Gasteiger partial charge in [-0.05, 0) is 60.4 Å². The van der Waals surface area contributed by atoms with Crippen LogP contribution in [-0.4, -0.2) is 45.3 Å². The molecule has 2 aromatic carbocycles. The summed E-state index contributed by atoms with van der Waals surface area (Å²) < 4.78 is 62.0. The largest absolute Gasteiger partial charge is 0.507 e. The van der Waals surface area contributed by atoms with Crippen LogP contribution in [-0.2, 0) is 32.0 Å². The average molecular weight is 530 g/mol. The summed E-state index contributed by atoms with van der Waals surface area (Å²) in [7, 11) is -3.50. The Balaban J connectivity index is 0.00000154. The molecule has 1 aliphatic carbocycles. The summed E-state index contributed by atoms with van der Waals surface area (Å²) in [4.78, 5) is 28.4. The Kier molecular flexibility index (Phi) is 10.4. The Labute approximate surface area is 208 Å². The number of hydrogen-bond acceptors (Lipinski definition) is 6. The van der Waals surface area contributed by atoms with Crippen LogP contribution in [0.25, 0.3) is 0 Å². The minimum absolute atomic E-state index is 0.0101. The molecular formula is C25H30F3NO6S. The van der Waals surface area contributed by atoms with Gasteiger partial charge in [0.25, 0.3) is 5.91 Å². The van der Waals surface area contributed by atoms with Gasteiger partial charge in [0.15, 0.2) is 9.84 Å². The number of carbonyl (C=O) groups excluding carboxylic acids is 3. The van der Waals surface area contributed by atoms with E-state index in [4.69, 9.17) is 9.59 Å². The van der Waals surface area contributed by atoms with Gasteiger partial charge < -0.3 is 20.0 Å². The van der Waals surface area contributed by atoms with Gasteiger partial charge in [-0.3, -0.25) is 4.79 Å². The van der Waals surface area contributed by atoms with Crippen LogP contribution in [0.5, 0.6) is 5.75 Å². The second-order valence-corrected chi connectivity index (χ2v) is 11.2. The zero-order chi connectivity index (χ0) is 27.9. The van der Waals surface area contributed by atoms with Gasteiger partial charge in [0.05, 0.1) is 16.0 Å². The van der Waals surface area contributed by atoms with Crippen molar-refractivity contribution in [2.24, 2.45) is 11.3 Å². The van der Waals surface area contributed by atoms with E-state index in [1.165, 1.54) is 24.3 Å². The lowest BCUT2D eigenvalue weighted by Crippen LogP contribution is -2.49. The molecule has 0 aliphatic heterocycles. The predicted octanol–water partition coefficient (Wildman–Crippen LogP) is 4.22. The maximum atomic E-state index is 13.0. The zero-order valence-corrected chi connectivity index (χ0v) is 21.1. The summed E-state index contributed by atoms with van der Waals surface area (Å²) in [5, 5.41) is 12.9. The lowest BCUT2D eigenvalue weighted by Gasteiger charge is -2.46. The van der Waals surface area contributed by atoms with Gasteiger partial charge in [-0.2, -0.15) is 13.2 Å². The molecule has 0 saturated heterocycles. The summed E-state index contributed by atoms with van der Waals surface area (Å²) in [6, 6.07) is 8.82. The molecule has 198 valence electrons. The Morgan fingerprint density at radius 3 is 2.14 bits per heavy atom. The molecule has 0 radical (unpaired) electrons. The molecule has 0 heterocycles. The molecule has 2 aromatic rings. The van der Waals surface area contributed by atoms with E-state index in [1.54, 1.807) is 6.07 Å². The van der Waals surface area contributed by atoms with E-state index < -0.39 is 33.2 Å². The molecule has 3 rings (SSSR count). The molecule has 1 aliphatic rings. The summed E-state index contributed by atoms with van der Waals surface area (Å²) >= 11 is 0. The Morgan fingerprint density at radius 1 is 1.06 bits per heavy atom. The van der Waals surface area contributed by atoms with Gasteiger partial charge in [0, 0.05) is 12.3 Å². The quantitative estimate of drug-likeness (QED) is 0.579.